The quantitative estimate of drug-likeness (QED) is 0.764. The Balaban J connectivity index is 1.72. The second-order valence-electron chi connectivity index (χ2n) is 5.34. The molecule has 0 spiro atoms. The first kappa shape index (κ1) is 17.5. The monoisotopic (exact) mass is 420 g/mol. The van der Waals surface area contributed by atoms with Crippen molar-refractivity contribution in [1.82, 2.24) is 4.90 Å². The van der Waals surface area contributed by atoms with E-state index in [1.54, 1.807) is 24.3 Å². The van der Waals surface area contributed by atoms with E-state index in [0.29, 0.717) is 5.56 Å². The molecule has 8 heteroatoms. The van der Waals surface area contributed by atoms with E-state index in [9.17, 15) is 14.4 Å². The summed E-state index contributed by atoms with van der Waals surface area (Å²) in [7, 11) is 0. The summed E-state index contributed by atoms with van der Waals surface area (Å²) < 4.78 is 0.916. The van der Waals surface area contributed by atoms with Gasteiger partial charge in [-0.05, 0) is 53.7 Å². The molecule has 2 N–H and O–H groups in total. The highest BCUT2D eigenvalue weighted by atomic mass is 79.9. The molecule has 1 saturated heterocycles. The number of benzene rings is 2. The van der Waals surface area contributed by atoms with E-state index in [1.807, 2.05) is 12.1 Å². The maximum atomic E-state index is 12.5. The molecule has 1 fully saturated rings. The van der Waals surface area contributed by atoms with Gasteiger partial charge in [-0.1, -0.05) is 28.1 Å². The largest absolute Gasteiger partial charge is 0.478 e. The Morgan fingerprint density at radius 2 is 1.92 bits per heavy atom. The van der Waals surface area contributed by atoms with Crippen molar-refractivity contribution >= 4 is 50.5 Å². The van der Waals surface area contributed by atoms with Crippen molar-refractivity contribution in [2.45, 2.75) is 11.9 Å². The molecule has 6 nitrogen and oxygen atoms in total. The van der Waals surface area contributed by atoms with Crippen molar-refractivity contribution in [2.75, 3.05) is 5.32 Å². The number of carbonyl (C=O) groups excluding carboxylic acids is 2. The van der Waals surface area contributed by atoms with E-state index in [1.165, 1.54) is 12.1 Å². The van der Waals surface area contributed by atoms with Crippen molar-refractivity contribution in [3.63, 3.8) is 0 Å². The highest BCUT2D eigenvalue weighted by Crippen LogP contribution is 2.30. The summed E-state index contributed by atoms with van der Waals surface area (Å²) in [6.45, 7) is 0.0459. The molecule has 0 unspecified atom stereocenters. The van der Waals surface area contributed by atoms with Crippen molar-refractivity contribution in [3.8, 4) is 0 Å². The molecule has 1 atom stereocenters. The first-order valence-electron chi connectivity index (χ1n) is 7.30. The highest BCUT2D eigenvalue weighted by molar-refractivity contribution is 9.10. The molecule has 25 heavy (non-hydrogen) atoms. The van der Waals surface area contributed by atoms with Crippen molar-refractivity contribution in [2.24, 2.45) is 0 Å². The van der Waals surface area contributed by atoms with Crippen LogP contribution in [0, 0.1) is 0 Å². The molecule has 1 aliphatic heterocycles. The van der Waals surface area contributed by atoms with Gasteiger partial charge in [0.05, 0.1) is 12.1 Å². The third-order valence-corrected chi connectivity index (χ3v) is 5.09. The SMILES string of the molecule is O=C(O)c1cccc(CN2C(=O)S[C@H](Nc3ccc(Br)cc3)C2=O)c1. The van der Waals surface area contributed by atoms with Gasteiger partial charge in [-0.3, -0.25) is 14.5 Å². The molecular formula is C17H13BrN2O4S. The Hall–Kier alpha value is -2.32. The van der Waals surface area contributed by atoms with Gasteiger partial charge in [0.15, 0.2) is 5.37 Å². The van der Waals surface area contributed by atoms with Gasteiger partial charge in [-0.25, -0.2) is 4.79 Å². The summed E-state index contributed by atoms with van der Waals surface area (Å²) >= 11 is 4.25. The predicted octanol–water partition coefficient (Wildman–Crippen LogP) is 3.78. The lowest BCUT2D eigenvalue weighted by molar-refractivity contribution is -0.126. The zero-order valence-corrected chi connectivity index (χ0v) is 15.2. The fourth-order valence-electron chi connectivity index (χ4n) is 2.36. The number of amides is 2. The third-order valence-electron chi connectivity index (χ3n) is 3.59. The number of carboxylic acid groups (broad SMARTS) is 1. The maximum Gasteiger partial charge on any atom is 0.335 e. The zero-order valence-electron chi connectivity index (χ0n) is 12.8. The van der Waals surface area contributed by atoms with Crippen molar-refractivity contribution < 1.29 is 19.5 Å². The van der Waals surface area contributed by atoms with Crippen LogP contribution >= 0.6 is 27.7 Å². The van der Waals surface area contributed by atoms with Gasteiger partial charge in [0.25, 0.3) is 11.1 Å². The molecule has 0 saturated carbocycles. The summed E-state index contributed by atoms with van der Waals surface area (Å²) in [4.78, 5) is 36.8. The smallest absolute Gasteiger partial charge is 0.335 e. The molecule has 2 aromatic carbocycles. The van der Waals surface area contributed by atoms with Crippen LogP contribution in [-0.2, 0) is 11.3 Å². The van der Waals surface area contributed by atoms with Gasteiger partial charge in [-0.15, -0.1) is 0 Å². The minimum atomic E-state index is -1.05. The minimum Gasteiger partial charge on any atom is -0.478 e. The average Bonchev–Trinajstić information content (AvgIpc) is 2.85. The molecular weight excluding hydrogens is 408 g/mol. The first-order valence-corrected chi connectivity index (χ1v) is 8.97. The Morgan fingerprint density at radius 1 is 1.20 bits per heavy atom. The molecule has 128 valence electrons. The second kappa shape index (κ2) is 7.28. The molecule has 1 aliphatic rings. The van der Waals surface area contributed by atoms with E-state index >= 15 is 0 Å². The number of aromatic carboxylic acids is 1. The van der Waals surface area contributed by atoms with Crippen molar-refractivity contribution in [1.29, 1.82) is 0 Å². The fraction of sp³-hybridized carbons (Fsp3) is 0.118. The van der Waals surface area contributed by atoms with Crippen LogP contribution in [-0.4, -0.2) is 32.5 Å². The Bertz CT molecular complexity index is 841. The maximum absolute atomic E-state index is 12.5. The van der Waals surface area contributed by atoms with Crippen LogP contribution in [0.4, 0.5) is 10.5 Å². The molecule has 0 bridgehead atoms. The van der Waals surface area contributed by atoms with E-state index in [2.05, 4.69) is 21.2 Å². The standard InChI is InChI=1S/C17H13BrN2O4S/c18-12-4-6-13(7-5-12)19-14-15(21)20(17(24)25-14)9-10-2-1-3-11(8-10)16(22)23/h1-8,14,19H,9H2,(H,22,23)/t14-/m0/s1. The van der Waals surface area contributed by atoms with Crippen LogP contribution in [0.3, 0.4) is 0 Å². The number of imide groups is 1. The normalized spacial score (nSPS) is 17.0. The molecule has 0 radical (unpaired) electrons. The Morgan fingerprint density at radius 3 is 2.60 bits per heavy atom. The summed E-state index contributed by atoms with van der Waals surface area (Å²) in [6, 6.07) is 13.5. The number of rotatable bonds is 5. The average molecular weight is 421 g/mol. The van der Waals surface area contributed by atoms with E-state index < -0.39 is 11.3 Å². The van der Waals surface area contributed by atoms with E-state index in [-0.39, 0.29) is 23.3 Å². The number of carboxylic acids is 1. The lowest BCUT2D eigenvalue weighted by atomic mass is 10.1. The predicted molar refractivity (Wildman–Crippen MR) is 98.5 cm³/mol. The number of halogens is 1. The molecule has 1 heterocycles. The lowest BCUT2D eigenvalue weighted by Crippen LogP contribution is -2.33. The van der Waals surface area contributed by atoms with Crippen LogP contribution in [0.5, 0.6) is 0 Å². The van der Waals surface area contributed by atoms with Gasteiger partial charge >= 0.3 is 5.97 Å². The van der Waals surface area contributed by atoms with Gasteiger partial charge < -0.3 is 10.4 Å². The number of thioether (sulfide) groups is 1. The van der Waals surface area contributed by atoms with E-state index in [0.717, 1.165) is 26.8 Å². The van der Waals surface area contributed by atoms with Crippen LogP contribution < -0.4 is 5.32 Å². The first-order chi connectivity index (χ1) is 11.9. The van der Waals surface area contributed by atoms with Gasteiger partial charge in [0, 0.05) is 10.2 Å². The van der Waals surface area contributed by atoms with Crippen LogP contribution in [0.1, 0.15) is 15.9 Å². The lowest BCUT2D eigenvalue weighted by Gasteiger charge is -2.15. The van der Waals surface area contributed by atoms with E-state index in [4.69, 9.17) is 5.11 Å². The number of hydrogen-bond donors (Lipinski definition) is 2. The molecule has 3 rings (SSSR count). The number of nitrogens with one attached hydrogen (secondary N) is 1. The minimum absolute atomic E-state index is 0.0459. The number of hydrogen-bond acceptors (Lipinski definition) is 5. The van der Waals surface area contributed by atoms with Gasteiger partial charge in [-0.2, -0.15) is 0 Å². The third kappa shape index (κ3) is 4.02. The zero-order chi connectivity index (χ0) is 18.0. The fourth-order valence-corrected chi connectivity index (χ4v) is 3.53. The van der Waals surface area contributed by atoms with Crippen LogP contribution in [0.15, 0.2) is 53.0 Å². The topological polar surface area (TPSA) is 86.7 Å². The molecule has 2 aromatic rings. The Labute approximate surface area is 156 Å². The summed E-state index contributed by atoms with van der Waals surface area (Å²) in [6.07, 6.45) is 0. The summed E-state index contributed by atoms with van der Waals surface area (Å²) in [5.74, 6) is -1.40. The number of nitrogens with zero attached hydrogens (tertiary/aromatic N) is 1. The van der Waals surface area contributed by atoms with Crippen LogP contribution in [0.25, 0.3) is 0 Å². The second-order valence-corrected chi connectivity index (χ2v) is 7.32. The van der Waals surface area contributed by atoms with Gasteiger partial charge in [0.2, 0.25) is 0 Å². The molecule has 0 aromatic heterocycles. The summed E-state index contributed by atoms with van der Waals surface area (Å²) in [5, 5.41) is 11.0. The van der Waals surface area contributed by atoms with Crippen molar-refractivity contribution in [3.05, 3.63) is 64.1 Å². The number of anilines is 1. The Kier molecular flexibility index (Phi) is 5.10. The van der Waals surface area contributed by atoms with Gasteiger partial charge in [0.1, 0.15) is 0 Å². The highest BCUT2D eigenvalue weighted by Gasteiger charge is 2.39. The summed E-state index contributed by atoms with van der Waals surface area (Å²) in [5.41, 5.74) is 1.44. The number of carbonyl (C=O) groups is 3. The van der Waals surface area contributed by atoms with Crippen LogP contribution in [0.2, 0.25) is 0 Å². The molecule has 2 amide bonds. The molecule has 0 aliphatic carbocycles.